The van der Waals surface area contributed by atoms with E-state index in [9.17, 15) is 4.79 Å². The molecule has 1 atom stereocenters. The number of anilines is 1. The summed E-state index contributed by atoms with van der Waals surface area (Å²) in [5.41, 5.74) is 3.26. The summed E-state index contributed by atoms with van der Waals surface area (Å²) in [7, 11) is 0. The lowest BCUT2D eigenvalue weighted by Gasteiger charge is -2.26. The third kappa shape index (κ3) is 4.69. The molecule has 2 aromatic heterocycles. The monoisotopic (exact) mass is 439 g/mol. The molecule has 164 valence electrons. The number of hydrogen-bond acceptors (Lipinski definition) is 4. The number of halogens is 1. The van der Waals surface area contributed by atoms with E-state index in [0.29, 0.717) is 16.6 Å². The molecule has 0 bridgehead atoms. The zero-order valence-corrected chi connectivity index (χ0v) is 19.0. The molecule has 6 nitrogen and oxygen atoms in total. The summed E-state index contributed by atoms with van der Waals surface area (Å²) < 4.78 is 1.87. The molecule has 1 unspecified atom stereocenters. The fraction of sp³-hybridized carbons (Fsp3) is 0.458. The summed E-state index contributed by atoms with van der Waals surface area (Å²) in [6.45, 7) is 4.84. The van der Waals surface area contributed by atoms with E-state index < -0.39 is 0 Å². The number of amides is 1. The number of hydrogen-bond donors (Lipinski definition) is 2. The van der Waals surface area contributed by atoms with Gasteiger partial charge in [0, 0.05) is 23.8 Å². The first-order chi connectivity index (χ1) is 15.1. The minimum atomic E-state index is -0.126. The summed E-state index contributed by atoms with van der Waals surface area (Å²) >= 11 is 6.03. The number of aromatic nitrogens is 3. The van der Waals surface area contributed by atoms with Crippen LogP contribution in [0.4, 0.5) is 5.69 Å². The van der Waals surface area contributed by atoms with Crippen molar-refractivity contribution in [1.29, 1.82) is 0 Å². The fourth-order valence-corrected chi connectivity index (χ4v) is 4.52. The number of carbonyl (C=O) groups excluding carboxylic acids is 1. The molecule has 4 rings (SSSR count). The van der Waals surface area contributed by atoms with Gasteiger partial charge in [-0.3, -0.25) is 4.79 Å². The highest BCUT2D eigenvalue weighted by Crippen LogP contribution is 2.30. The first kappa shape index (κ1) is 21.6. The van der Waals surface area contributed by atoms with Crippen molar-refractivity contribution in [3.8, 4) is 0 Å². The van der Waals surface area contributed by atoms with Crippen LogP contribution in [0.5, 0.6) is 0 Å². The average molecular weight is 440 g/mol. The Balaban J connectivity index is 1.66. The van der Waals surface area contributed by atoms with E-state index in [1.807, 2.05) is 42.1 Å². The minimum Gasteiger partial charge on any atom is -0.381 e. The summed E-state index contributed by atoms with van der Waals surface area (Å²) in [6.07, 6.45) is 10.2. The molecular weight excluding hydrogens is 410 g/mol. The highest BCUT2D eigenvalue weighted by atomic mass is 35.5. The molecule has 0 saturated heterocycles. The van der Waals surface area contributed by atoms with Crippen LogP contribution in [-0.4, -0.2) is 26.7 Å². The van der Waals surface area contributed by atoms with Gasteiger partial charge in [0.1, 0.15) is 0 Å². The van der Waals surface area contributed by atoms with Gasteiger partial charge in [-0.15, -0.1) is 0 Å². The zero-order chi connectivity index (χ0) is 21.8. The van der Waals surface area contributed by atoms with Gasteiger partial charge in [0.05, 0.1) is 28.9 Å². The van der Waals surface area contributed by atoms with Crippen LogP contribution in [0.15, 0.2) is 36.7 Å². The Morgan fingerprint density at radius 1 is 1.16 bits per heavy atom. The van der Waals surface area contributed by atoms with Crippen LogP contribution in [0.1, 0.15) is 74.3 Å². The quantitative estimate of drug-likeness (QED) is 0.493. The lowest BCUT2D eigenvalue weighted by atomic mass is 9.95. The van der Waals surface area contributed by atoms with Crippen LogP contribution in [0, 0.1) is 0 Å². The van der Waals surface area contributed by atoms with Crippen LogP contribution in [0.25, 0.3) is 11.0 Å². The van der Waals surface area contributed by atoms with Gasteiger partial charge in [-0.05, 0) is 43.9 Å². The predicted octanol–water partition coefficient (Wildman–Crippen LogP) is 5.73. The van der Waals surface area contributed by atoms with Crippen LogP contribution in [-0.2, 0) is 6.54 Å². The maximum Gasteiger partial charge on any atom is 0.255 e. The smallest absolute Gasteiger partial charge is 0.255 e. The Kier molecular flexibility index (Phi) is 6.76. The third-order valence-corrected chi connectivity index (χ3v) is 6.40. The second-order valence-electron chi connectivity index (χ2n) is 8.21. The van der Waals surface area contributed by atoms with Crippen molar-refractivity contribution in [2.75, 3.05) is 5.32 Å². The van der Waals surface area contributed by atoms with Gasteiger partial charge in [-0.1, -0.05) is 49.9 Å². The van der Waals surface area contributed by atoms with E-state index >= 15 is 0 Å². The van der Waals surface area contributed by atoms with Crippen molar-refractivity contribution in [1.82, 2.24) is 20.1 Å². The molecule has 0 aliphatic heterocycles. The highest BCUT2D eigenvalue weighted by Gasteiger charge is 2.23. The lowest BCUT2D eigenvalue weighted by Crippen LogP contribution is -2.30. The number of carbonyl (C=O) groups is 1. The maximum atomic E-state index is 13.4. The van der Waals surface area contributed by atoms with Crippen LogP contribution in [0.3, 0.4) is 0 Å². The van der Waals surface area contributed by atoms with Gasteiger partial charge in [-0.25, -0.2) is 9.67 Å². The number of nitrogens with zero attached hydrogens (tertiary/aromatic N) is 3. The largest absolute Gasteiger partial charge is 0.381 e. The number of fused-ring (bicyclic) bond motifs is 1. The van der Waals surface area contributed by atoms with E-state index in [1.54, 1.807) is 6.20 Å². The van der Waals surface area contributed by atoms with Crippen LogP contribution in [0.2, 0.25) is 5.02 Å². The summed E-state index contributed by atoms with van der Waals surface area (Å²) in [5, 5.41) is 12.9. The molecule has 1 aliphatic carbocycles. The van der Waals surface area contributed by atoms with Gasteiger partial charge in [0.25, 0.3) is 5.91 Å². The van der Waals surface area contributed by atoms with E-state index in [0.717, 1.165) is 48.1 Å². The number of aryl methyl sites for hydroxylation is 1. The molecule has 1 aromatic carbocycles. The summed E-state index contributed by atoms with van der Waals surface area (Å²) in [4.78, 5) is 18.0. The average Bonchev–Trinajstić information content (AvgIpc) is 3.22. The fourth-order valence-electron chi connectivity index (χ4n) is 4.39. The molecule has 0 radical (unpaired) electrons. The third-order valence-electron chi connectivity index (χ3n) is 6.15. The summed E-state index contributed by atoms with van der Waals surface area (Å²) in [6, 6.07) is 7.91. The first-order valence-electron chi connectivity index (χ1n) is 11.3. The number of rotatable bonds is 7. The molecule has 31 heavy (non-hydrogen) atoms. The van der Waals surface area contributed by atoms with Crippen molar-refractivity contribution in [2.45, 2.75) is 71.0 Å². The SMILES string of the molecule is CCC(NC(=O)c1cnc2c(cnn2CC)c1NC1CCCCC1)c1ccc(Cl)cc1. The Labute approximate surface area is 188 Å². The van der Waals surface area contributed by atoms with Crippen molar-refractivity contribution >= 4 is 34.2 Å². The van der Waals surface area contributed by atoms with Gasteiger partial charge in [0.15, 0.2) is 5.65 Å². The molecule has 2 heterocycles. The molecular formula is C24H30ClN5O. The van der Waals surface area contributed by atoms with Crippen molar-refractivity contribution < 1.29 is 4.79 Å². The topological polar surface area (TPSA) is 71.8 Å². The minimum absolute atomic E-state index is 0.0960. The van der Waals surface area contributed by atoms with E-state index in [2.05, 4.69) is 27.6 Å². The molecule has 1 amide bonds. The molecule has 1 saturated carbocycles. The van der Waals surface area contributed by atoms with Crippen molar-refractivity contribution in [3.05, 3.63) is 52.8 Å². The van der Waals surface area contributed by atoms with Crippen molar-refractivity contribution in [3.63, 3.8) is 0 Å². The second-order valence-corrected chi connectivity index (χ2v) is 8.65. The van der Waals surface area contributed by atoms with Gasteiger partial charge >= 0.3 is 0 Å². The van der Waals surface area contributed by atoms with E-state index in [-0.39, 0.29) is 11.9 Å². The van der Waals surface area contributed by atoms with E-state index in [4.69, 9.17) is 11.6 Å². The van der Waals surface area contributed by atoms with Crippen molar-refractivity contribution in [2.24, 2.45) is 0 Å². The van der Waals surface area contributed by atoms with Crippen LogP contribution >= 0.6 is 11.6 Å². The first-order valence-corrected chi connectivity index (χ1v) is 11.7. The highest BCUT2D eigenvalue weighted by molar-refractivity contribution is 6.30. The molecule has 1 aliphatic rings. The molecule has 2 N–H and O–H groups in total. The zero-order valence-electron chi connectivity index (χ0n) is 18.2. The number of nitrogens with one attached hydrogen (secondary N) is 2. The normalized spacial score (nSPS) is 15.7. The summed E-state index contributed by atoms with van der Waals surface area (Å²) in [5.74, 6) is -0.126. The Morgan fingerprint density at radius 3 is 2.58 bits per heavy atom. The lowest BCUT2D eigenvalue weighted by molar-refractivity contribution is 0.0936. The standard InChI is InChI=1S/C24H30ClN5O/c1-3-21(16-10-12-17(25)13-11-16)29-24(31)20-14-26-23-19(15-27-30(23)4-2)22(20)28-18-8-6-5-7-9-18/h10-15,18,21H,3-9H2,1-2H3,(H,26,28)(H,29,31). The van der Waals surface area contributed by atoms with E-state index in [1.165, 1.54) is 19.3 Å². The van der Waals surface area contributed by atoms with Crippen LogP contribution < -0.4 is 10.6 Å². The maximum absolute atomic E-state index is 13.4. The van der Waals surface area contributed by atoms with Gasteiger partial charge < -0.3 is 10.6 Å². The molecule has 3 aromatic rings. The molecule has 7 heteroatoms. The predicted molar refractivity (Wildman–Crippen MR) is 126 cm³/mol. The Hall–Kier alpha value is -2.60. The van der Waals surface area contributed by atoms with Gasteiger partial charge in [0.2, 0.25) is 0 Å². The number of pyridine rings is 1. The molecule has 1 fully saturated rings. The Morgan fingerprint density at radius 2 is 1.90 bits per heavy atom. The Bertz CT molecular complexity index is 1040. The number of benzene rings is 1. The molecule has 0 spiro atoms. The second kappa shape index (κ2) is 9.69. The van der Waals surface area contributed by atoms with Gasteiger partial charge in [-0.2, -0.15) is 5.10 Å².